The number of hydrogen-bond donors (Lipinski definition) is 5. The van der Waals surface area contributed by atoms with E-state index in [1.807, 2.05) is 6.92 Å². The van der Waals surface area contributed by atoms with Crippen LogP contribution in [0.4, 0.5) is 0 Å². The molecule has 0 saturated carbocycles. The molecule has 0 amide bonds. The number of aliphatic hydroxyl groups excluding tert-OH is 5. The first-order valence-corrected chi connectivity index (χ1v) is 11.0. The van der Waals surface area contributed by atoms with Crippen molar-refractivity contribution < 1.29 is 54.0 Å². The first kappa shape index (κ1) is 25.5. The van der Waals surface area contributed by atoms with Crippen LogP contribution in [0.25, 0.3) is 0 Å². The van der Waals surface area contributed by atoms with Crippen LogP contribution >= 0.6 is 0 Å². The summed E-state index contributed by atoms with van der Waals surface area (Å²) >= 11 is 0. The lowest BCUT2D eigenvalue weighted by molar-refractivity contribution is -0.321. The summed E-state index contributed by atoms with van der Waals surface area (Å²) in [5.74, 6) is -0.361. The van der Waals surface area contributed by atoms with E-state index in [2.05, 4.69) is 0 Å². The molecule has 4 aliphatic heterocycles. The van der Waals surface area contributed by atoms with E-state index >= 15 is 0 Å². The predicted octanol–water partition coefficient (Wildman–Crippen LogP) is -1.42. The minimum atomic E-state index is -1.53. The van der Waals surface area contributed by atoms with Crippen molar-refractivity contribution in [2.75, 3.05) is 19.8 Å². The molecule has 2 fully saturated rings. The lowest BCUT2D eigenvalue weighted by atomic mass is 9.99. The summed E-state index contributed by atoms with van der Waals surface area (Å²) in [6.07, 6.45) is -8.21. The second-order valence-electron chi connectivity index (χ2n) is 8.70. The molecule has 4 heterocycles. The molecule has 0 unspecified atom stereocenters. The van der Waals surface area contributed by atoms with E-state index in [9.17, 15) is 30.3 Å². The Morgan fingerprint density at radius 3 is 2.16 bits per heavy atom. The summed E-state index contributed by atoms with van der Waals surface area (Å²) in [6, 6.07) is 0. The third kappa shape index (κ3) is 6.04. The Morgan fingerprint density at radius 1 is 0.812 bits per heavy atom. The number of esters is 1. The van der Waals surface area contributed by atoms with Crippen molar-refractivity contribution in [3.63, 3.8) is 0 Å². The number of fused-ring (bicyclic) bond motifs is 11. The molecule has 4 rings (SSSR count). The van der Waals surface area contributed by atoms with Crippen molar-refractivity contribution in [3.05, 3.63) is 11.6 Å². The van der Waals surface area contributed by atoms with Gasteiger partial charge >= 0.3 is 5.97 Å². The largest absolute Gasteiger partial charge is 0.454 e. The first-order valence-electron chi connectivity index (χ1n) is 11.0. The topological polar surface area (TPSA) is 164 Å². The van der Waals surface area contributed by atoms with Gasteiger partial charge in [-0.15, -0.1) is 0 Å². The predicted molar refractivity (Wildman–Crippen MR) is 107 cm³/mol. The highest BCUT2D eigenvalue weighted by atomic mass is 16.7. The molecule has 0 aromatic carbocycles. The molecule has 4 aliphatic rings. The van der Waals surface area contributed by atoms with Crippen LogP contribution in [0.5, 0.6) is 0 Å². The summed E-state index contributed by atoms with van der Waals surface area (Å²) in [5.41, 5.74) is 0.389. The van der Waals surface area contributed by atoms with Crippen molar-refractivity contribution in [1.82, 2.24) is 0 Å². The van der Waals surface area contributed by atoms with Crippen molar-refractivity contribution >= 4 is 5.97 Å². The van der Waals surface area contributed by atoms with Gasteiger partial charge in [-0.25, -0.2) is 4.79 Å². The standard InChI is InChI=1S/C21H34O11/c1-10-4-3-5-11(2)19(27)31-12-8-29-20(17(25)15(12)23)30-9-13-14(22)16(24)18(26)21(32-13)28-7-6-10/h5,10,12-18,20-26H,3-4,6-9H2,1-2H3/b11-5+/t10-,12-,13+,14+,15-,16-,17+,18+,20-,21+/m0/s1. The van der Waals surface area contributed by atoms with Gasteiger partial charge in [0.2, 0.25) is 0 Å². The minimum absolute atomic E-state index is 0.208. The van der Waals surface area contributed by atoms with Crippen LogP contribution in [0.1, 0.15) is 33.1 Å². The zero-order valence-electron chi connectivity index (χ0n) is 18.3. The maximum Gasteiger partial charge on any atom is 0.333 e. The number of carbonyl (C=O) groups is 1. The van der Waals surface area contributed by atoms with Gasteiger partial charge in [-0.3, -0.25) is 0 Å². The van der Waals surface area contributed by atoms with Gasteiger partial charge in [-0.1, -0.05) is 13.0 Å². The fraction of sp³-hybridized carbons (Fsp3) is 0.857. The van der Waals surface area contributed by atoms with Gasteiger partial charge in [-0.05, 0) is 32.1 Å². The van der Waals surface area contributed by atoms with Crippen molar-refractivity contribution in [2.24, 2.45) is 5.92 Å². The number of hydrogen-bond acceptors (Lipinski definition) is 11. The van der Waals surface area contributed by atoms with E-state index in [0.29, 0.717) is 18.4 Å². The van der Waals surface area contributed by atoms with Gasteiger partial charge in [-0.2, -0.15) is 0 Å². The first-order chi connectivity index (χ1) is 15.2. The Bertz CT molecular complexity index is 656. The molecule has 10 atom stereocenters. The summed E-state index contributed by atoms with van der Waals surface area (Å²) in [7, 11) is 0. The summed E-state index contributed by atoms with van der Waals surface area (Å²) < 4.78 is 27.4. The quantitative estimate of drug-likeness (QED) is 0.268. The van der Waals surface area contributed by atoms with Crippen LogP contribution in [0.2, 0.25) is 0 Å². The Kier molecular flexibility index (Phi) is 9.01. The maximum absolute atomic E-state index is 12.3. The van der Waals surface area contributed by atoms with Crippen molar-refractivity contribution in [3.8, 4) is 0 Å². The molecular formula is C21H34O11. The van der Waals surface area contributed by atoms with Crippen molar-refractivity contribution in [2.45, 2.75) is 88.4 Å². The van der Waals surface area contributed by atoms with E-state index in [1.54, 1.807) is 13.0 Å². The molecule has 0 aliphatic carbocycles. The number of rotatable bonds is 0. The van der Waals surface area contributed by atoms with Gasteiger partial charge in [0.05, 0.1) is 19.8 Å². The number of aliphatic hydroxyl groups is 5. The number of allylic oxidation sites excluding steroid dienone is 1. The Morgan fingerprint density at radius 2 is 1.44 bits per heavy atom. The number of ether oxygens (including phenoxy) is 5. The van der Waals surface area contributed by atoms with Gasteiger partial charge in [0, 0.05) is 5.57 Å². The maximum atomic E-state index is 12.3. The highest BCUT2D eigenvalue weighted by molar-refractivity contribution is 5.87. The minimum Gasteiger partial charge on any atom is -0.454 e. The van der Waals surface area contributed by atoms with Crippen LogP contribution in [0, 0.1) is 5.92 Å². The van der Waals surface area contributed by atoms with Crippen molar-refractivity contribution in [1.29, 1.82) is 0 Å². The molecule has 0 radical (unpaired) electrons. The molecule has 2 saturated heterocycles. The van der Waals surface area contributed by atoms with Crippen LogP contribution in [0.15, 0.2) is 11.6 Å². The second kappa shape index (κ2) is 11.3. The van der Waals surface area contributed by atoms with Gasteiger partial charge < -0.3 is 49.2 Å². The molecule has 0 aromatic heterocycles. The average Bonchev–Trinajstić information content (AvgIpc) is 2.76. The van der Waals surface area contributed by atoms with E-state index < -0.39 is 61.3 Å². The lowest BCUT2D eigenvalue weighted by Crippen LogP contribution is -2.60. The molecule has 0 spiro atoms. The second-order valence-corrected chi connectivity index (χ2v) is 8.70. The molecule has 0 aromatic rings. The van der Waals surface area contributed by atoms with Crippen LogP contribution in [-0.2, 0) is 28.5 Å². The molecule has 5 N–H and O–H groups in total. The SMILES string of the molecule is C/C1=C\CC[C@H](C)CCO[C@@H]2O[C@H](CO[C@@H]3OC[C@H](OC1=O)[C@H](O)[C@H]3O)[C@@H](O)[C@H](O)[C@H]2O. The van der Waals surface area contributed by atoms with E-state index in [0.717, 1.165) is 6.42 Å². The lowest BCUT2D eigenvalue weighted by Gasteiger charge is -2.41. The summed E-state index contributed by atoms with van der Waals surface area (Å²) in [6.45, 7) is 3.37. The normalized spacial score (nSPS) is 46.8. The zero-order chi connectivity index (χ0) is 23.4. The zero-order valence-corrected chi connectivity index (χ0v) is 18.3. The monoisotopic (exact) mass is 462 g/mol. The Balaban J connectivity index is 1.74. The Hall–Kier alpha value is -1.15. The van der Waals surface area contributed by atoms with Gasteiger partial charge in [0.1, 0.15) is 36.6 Å². The third-order valence-electron chi connectivity index (χ3n) is 6.11. The van der Waals surface area contributed by atoms with Crippen LogP contribution in [0.3, 0.4) is 0 Å². The van der Waals surface area contributed by atoms with E-state index in [4.69, 9.17) is 23.7 Å². The fourth-order valence-corrected chi connectivity index (χ4v) is 3.83. The molecule has 184 valence electrons. The van der Waals surface area contributed by atoms with E-state index in [-0.39, 0.29) is 25.7 Å². The smallest absolute Gasteiger partial charge is 0.333 e. The van der Waals surface area contributed by atoms with Crippen LogP contribution < -0.4 is 0 Å². The highest BCUT2D eigenvalue weighted by Crippen LogP contribution is 2.26. The molecule has 4 bridgehead atoms. The molecule has 11 nitrogen and oxygen atoms in total. The average molecular weight is 462 g/mol. The summed E-state index contributed by atoms with van der Waals surface area (Å²) in [4.78, 5) is 12.3. The Labute approximate surface area is 186 Å². The fourth-order valence-electron chi connectivity index (χ4n) is 3.83. The summed E-state index contributed by atoms with van der Waals surface area (Å²) in [5, 5.41) is 51.3. The molecular weight excluding hydrogens is 428 g/mol. The third-order valence-corrected chi connectivity index (χ3v) is 6.11. The number of carbonyl (C=O) groups excluding carboxylic acids is 1. The van der Waals surface area contributed by atoms with Gasteiger partial charge in [0.15, 0.2) is 18.7 Å². The van der Waals surface area contributed by atoms with Gasteiger partial charge in [0.25, 0.3) is 0 Å². The van der Waals surface area contributed by atoms with Crippen LogP contribution in [-0.4, -0.2) is 107 Å². The molecule has 32 heavy (non-hydrogen) atoms. The molecule has 11 heteroatoms. The highest BCUT2D eigenvalue weighted by Gasteiger charge is 2.46. The van der Waals surface area contributed by atoms with E-state index in [1.165, 1.54) is 0 Å².